The third-order valence-corrected chi connectivity index (χ3v) is 4.20. The van der Waals surface area contributed by atoms with Gasteiger partial charge in [-0.25, -0.2) is 4.99 Å². The summed E-state index contributed by atoms with van der Waals surface area (Å²) in [5.74, 6) is -0.169. The minimum Gasteiger partial charge on any atom is -0.316 e. The van der Waals surface area contributed by atoms with Gasteiger partial charge >= 0.3 is 0 Å². The van der Waals surface area contributed by atoms with E-state index < -0.39 is 0 Å². The van der Waals surface area contributed by atoms with Crippen LogP contribution in [0.3, 0.4) is 0 Å². The number of hydrogen-bond acceptors (Lipinski definition) is 3. The zero-order chi connectivity index (χ0) is 15.9. The molecule has 1 N–H and O–H groups in total. The minimum atomic E-state index is -0.136. The first kappa shape index (κ1) is 16.8. The molecule has 1 unspecified atom stereocenters. The highest BCUT2D eigenvalue weighted by Crippen LogP contribution is 2.03. The average Bonchev–Trinajstić information content (AvgIpc) is 2.51. The van der Waals surface area contributed by atoms with E-state index in [1.165, 1.54) is 0 Å². The fraction of sp³-hybridized carbons (Fsp3) is 0.556. The second-order valence-electron chi connectivity index (χ2n) is 5.87. The highest BCUT2D eigenvalue weighted by Gasteiger charge is 2.17. The van der Waals surface area contributed by atoms with Crippen LogP contribution in [-0.4, -0.2) is 43.5 Å². The molecule has 0 saturated heterocycles. The molecule has 1 amide bonds. The Morgan fingerprint density at radius 2 is 2.05 bits per heavy atom. The number of rotatable bonds is 8. The van der Waals surface area contributed by atoms with Crippen LogP contribution in [0, 0.1) is 12.8 Å². The van der Waals surface area contributed by atoms with Crippen molar-refractivity contribution in [3.8, 4) is 0 Å². The molecule has 1 aliphatic heterocycles. The second kappa shape index (κ2) is 8.20. The van der Waals surface area contributed by atoms with Crippen molar-refractivity contribution >= 4 is 12.0 Å². The van der Waals surface area contributed by atoms with Crippen LogP contribution in [-0.2, 0) is 4.79 Å². The summed E-state index contributed by atoms with van der Waals surface area (Å²) in [5, 5.41) is 5.27. The molecule has 0 aliphatic carbocycles. The molecule has 2 rings (SSSR count). The lowest BCUT2D eigenvalue weighted by Gasteiger charge is -2.18. The minimum absolute atomic E-state index is 0.0330. The van der Waals surface area contributed by atoms with Crippen LogP contribution in [0.2, 0.25) is 0 Å². The van der Waals surface area contributed by atoms with Gasteiger partial charge in [0.15, 0.2) is 0 Å². The van der Waals surface area contributed by atoms with Gasteiger partial charge in [-0.05, 0) is 56.4 Å². The summed E-state index contributed by atoms with van der Waals surface area (Å²) in [7, 11) is 0. The number of amides is 1. The third-order valence-electron chi connectivity index (χ3n) is 4.20. The van der Waals surface area contributed by atoms with E-state index in [-0.39, 0.29) is 11.8 Å². The Morgan fingerprint density at radius 3 is 2.77 bits per heavy atom. The highest BCUT2D eigenvalue weighted by atomic mass is 16.1. The van der Waals surface area contributed by atoms with E-state index in [9.17, 15) is 4.79 Å². The van der Waals surface area contributed by atoms with Crippen molar-refractivity contribution < 1.29 is 4.79 Å². The van der Waals surface area contributed by atoms with Crippen LogP contribution < -0.4 is 15.9 Å². The van der Waals surface area contributed by atoms with E-state index in [1.54, 1.807) is 0 Å². The number of carbonyl (C=O) groups excluding carboxylic acids is 1. The molecule has 1 aromatic carbocycles. The van der Waals surface area contributed by atoms with E-state index in [0.29, 0.717) is 6.54 Å². The maximum atomic E-state index is 12.1. The SMILES string of the molecule is CCN(CC)CCCNCC1C=c2ccc(C)cc2=NC1=O. The standard InChI is InChI=1S/C18H27N3O/c1-4-21(5-2)10-6-9-19-13-16-12-15-8-7-14(3)11-17(15)20-18(16)22/h7-8,11-12,16,19H,4-6,9-10,13H2,1-3H3. The van der Waals surface area contributed by atoms with Crippen molar-refractivity contribution in [3.63, 3.8) is 0 Å². The molecule has 1 aliphatic rings. The molecule has 0 fully saturated rings. The van der Waals surface area contributed by atoms with Crippen LogP contribution in [0.25, 0.3) is 6.08 Å². The maximum absolute atomic E-state index is 12.1. The van der Waals surface area contributed by atoms with Crippen molar-refractivity contribution in [2.24, 2.45) is 10.9 Å². The molecule has 0 bridgehead atoms. The molecule has 0 aromatic heterocycles. The third kappa shape index (κ3) is 4.49. The first-order valence-corrected chi connectivity index (χ1v) is 8.28. The molecule has 4 heteroatoms. The second-order valence-corrected chi connectivity index (χ2v) is 5.87. The first-order valence-electron chi connectivity index (χ1n) is 8.28. The summed E-state index contributed by atoms with van der Waals surface area (Å²) in [4.78, 5) is 18.7. The molecular weight excluding hydrogens is 274 g/mol. The highest BCUT2D eigenvalue weighted by molar-refractivity contribution is 5.86. The predicted octanol–water partition coefficient (Wildman–Crippen LogP) is 0.873. The van der Waals surface area contributed by atoms with Gasteiger partial charge in [-0.15, -0.1) is 0 Å². The molecule has 1 heterocycles. The smallest absolute Gasteiger partial charge is 0.254 e. The lowest BCUT2D eigenvalue weighted by molar-refractivity contribution is -0.120. The number of fused-ring (bicyclic) bond motifs is 1. The zero-order valence-corrected chi connectivity index (χ0v) is 13.9. The van der Waals surface area contributed by atoms with Crippen molar-refractivity contribution in [3.05, 3.63) is 34.3 Å². The number of carbonyl (C=O) groups is 1. The molecule has 0 saturated carbocycles. The average molecular weight is 301 g/mol. The Kier molecular flexibility index (Phi) is 6.28. The van der Waals surface area contributed by atoms with Crippen LogP contribution in [0.15, 0.2) is 23.2 Å². The summed E-state index contributed by atoms with van der Waals surface area (Å²) in [5.41, 5.74) is 1.14. The maximum Gasteiger partial charge on any atom is 0.254 e. The Morgan fingerprint density at radius 1 is 1.27 bits per heavy atom. The fourth-order valence-corrected chi connectivity index (χ4v) is 2.75. The van der Waals surface area contributed by atoms with E-state index in [1.807, 2.05) is 25.1 Å². The number of aryl methyl sites for hydroxylation is 1. The molecule has 0 spiro atoms. The van der Waals surface area contributed by atoms with E-state index >= 15 is 0 Å². The Labute approximate surface area is 132 Å². The summed E-state index contributed by atoms with van der Waals surface area (Å²) in [6.45, 7) is 11.3. The van der Waals surface area contributed by atoms with Crippen molar-refractivity contribution in [2.75, 3.05) is 32.7 Å². The summed E-state index contributed by atoms with van der Waals surface area (Å²) >= 11 is 0. The molecule has 4 nitrogen and oxygen atoms in total. The Balaban J connectivity index is 1.84. The lowest BCUT2D eigenvalue weighted by Crippen LogP contribution is -2.38. The monoisotopic (exact) mass is 301 g/mol. The van der Waals surface area contributed by atoms with Crippen molar-refractivity contribution in [1.29, 1.82) is 0 Å². The van der Waals surface area contributed by atoms with Crippen LogP contribution >= 0.6 is 0 Å². The van der Waals surface area contributed by atoms with Gasteiger partial charge in [0, 0.05) is 6.54 Å². The van der Waals surface area contributed by atoms with Crippen LogP contribution in [0.4, 0.5) is 0 Å². The number of hydrogen-bond donors (Lipinski definition) is 1. The Hall–Kier alpha value is -1.52. The van der Waals surface area contributed by atoms with Gasteiger partial charge in [0.25, 0.3) is 5.91 Å². The Bertz CT molecular complexity index is 620. The lowest BCUT2D eigenvalue weighted by atomic mass is 10.0. The van der Waals surface area contributed by atoms with Gasteiger partial charge in [0.2, 0.25) is 0 Å². The fourth-order valence-electron chi connectivity index (χ4n) is 2.75. The summed E-state index contributed by atoms with van der Waals surface area (Å²) in [6, 6.07) is 6.08. The topological polar surface area (TPSA) is 44.7 Å². The van der Waals surface area contributed by atoms with E-state index in [4.69, 9.17) is 0 Å². The predicted molar refractivity (Wildman–Crippen MR) is 90.2 cm³/mol. The number of nitrogens with one attached hydrogen (secondary N) is 1. The molecular formula is C18H27N3O. The molecule has 1 atom stereocenters. The zero-order valence-electron chi connectivity index (χ0n) is 13.9. The van der Waals surface area contributed by atoms with E-state index in [0.717, 1.165) is 48.7 Å². The number of nitrogens with zero attached hydrogens (tertiary/aromatic N) is 2. The van der Waals surface area contributed by atoms with Gasteiger partial charge in [-0.3, -0.25) is 4.79 Å². The molecule has 0 radical (unpaired) electrons. The number of benzene rings is 1. The summed E-state index contributed by atoms with van der Waals surface area (Å²) in [6.07, 6.45) is 3.15. The van der Waals surface area contributed by atoms with Gasteiger partial charge in [-0.1, -0.05) is 32.1 Å². The molecule has 1 aromatic rings. The normalized spacial score (nSPS) is 17.1. The first-order chi connectivity index (χ1) is 10.6. The molecule has 120 valence electrons. The van der Waals surface area contributed by atoms with Gasteiger partial charge in [0.1, 0.15) is 0 Å². The van der Waals surface area contributed by atoms with E-state index in [2.05, 4.69) is 35.1 Å². The van der Waals surface area contributed by atoms with Crippen LogP contribution in [0.1, 0.15) is 25.8 Å². The quantitative estimate of drug-likeness (QED) is 0.725. The van der Waals surface area contributed by atoms with Gasteiger partial charge in [0.05, 0.1) is 11.3 Å². The van der Waals surface area contributed by atoms with Crippen molar-refractivity contribution in [1.82, 2.24) is 10.2 Å². The largest absolute Gasteiger partial charge is 0.316 e. The van der Waals surface area contributed by atoms with Crippen LogP contribution in [0.5, 0.6) is 0 Å². The van der Waals surface area contributed by atoms with Gasteiger partial charge < -0.3 is 10.2 Å². The van der Waals surface area contributed by atoms with Crippen molar-refractivity contribution in [2.45, 2.75) is 27.2 Å². The van der Waals surface area contributed by atoms with Gasteiger partial charge in [-0.2, -0.15) is 0 Å². The molecule has 22 heavy (non-hydrogen) atoms. The summed E-state index contributed by atoms with van der Waals surface area (Å²) < 4.78 is 0.